The Morgan fingerprint density at radius 1 is 1.09 bits per heavy atom. The Bertz CT molecular complexity index is 1110. The van der Waals surface area contributed by atoms with Crippen LogP contribution in [0.25, 0.3) is 11.2 Å². The number of fused-ring (bicyclic) bond motifs is 1. The van der Waals surface area contributed by atoms with Gasteiger partial charge in [0.25, 0.3) is 0 Å². The summed E-state index contributed by atoms with van der Waals surface area (Å²) in [7, 11) is 0. The predicted octanol–water partition coefficient (Wildman–Crippen LogP) is 7.90. The van der Waals surface area contributed by atoms with Crippen LogP contribution in [-0.4, -0.2) is 22.1 Å². The number of hydrogen-bond donors (Lipinski definition) is 1. The van der Waals surface area contributed by atoms with Gasteiger partial charge in [0.1, 0.15) is 0 Å². The summed E-state index contributed by atoms with van der Waals surface area (Å²) in [5, 5.41) is 3.72. The highest BCUT2D eigenvalue weighted by atomic mass is 15.0. The van der Waals surface area contributed by atoms with Gasteiger partial charge < -0.3 is 9.72 Å². The molecule has 0 atom stereocenters. The third kappa shape index (κ3) is 6.25. The Hall–Kier alpha value is -3.14. The van der Waals surface area contributed by atoms with Crippen molar-refractivity contribution in [1.82, 2.24) is 9.38 Å². The first-order valence-corrected chi connectivity index (χ1v) is 12.9. The van der Waals surface area contributed by atoms with Crippen LogP contribution < -0.4 is 5.32 Å². The van der Waals surface area contributed by atoms with Crippen LogP contribution in [-0.2, 0) is 0 Å². The minimum absolute atomic E-state index is 0.829. The van der Waals surface area contributed by atoms with Gasteiger partial charge in [-0.1, -0.05) is 95.2 Å². The molecule has 4 heteroatoms. The minimum atomic E-state index is 0.829. The third-order valence-electron chi connectivity index (χ3n) is 7.03. The number of aromatic nitrogens is 2. The van der Waals surface area contributed by atoms with Gasteiger partial charge in [0.15, 0.2) is 5.65 Å². The Balaban J connectivity index is 1.50. The van der Waals surface area contributed by atoms with E-state index in [0.717, 1.165) is 46.1 Å². The summed E-state index contributed by atoms with van der Waals surface area (Å²) in [4.78, 5) is 8.82. The fraction of sp³-hybridized carbons (Fsp3) is 0.400. The third-order valence-corrected chi connectivity index (χ3v) is 7.03. The average Bonchev–Trinajstić information content (AvgIpc) is 3.35. The first-order valence-electron chi connectivity index (χ1n) is 12.9. The van der Waals surface area contributed by atoms with Crippen LogP contribution in [0.3, 0.4) is 0 Å². The van der Waals surface area contributed by atoms with Crippen molar-refractivity contribution < 1.29 is 0 Å². The number of nitrogens with one attached hydrogen (secondary N) is 1. The largest absolute Gasteiger partial charge is 0.382 e. The lowest BCUT2D eigenvalue weighted by Crippen LogP contribution is -2.11. The second-order valence-electron chi connectivity index (χ2n) is 9.46. The lowest BCUT2D eigenvalue weighted by Gasteiger charge is -2.19. The quantitative estimate of drug-likeness (QED) is 0.351. The molecule has 0 unspecified atom stereocenters. The minimum Gasteiger partial charge on any atom is -0.382 e. The lowest BCUT2D eigenvalue weighted by atomic mass is 9.90. The fourth-order valence-corrected chi connectivity index (χ4v) is 5.09. The van der Waals surface area contributed by atoms with E-state index in [-0.39, 0.29) is 0 Å². The van der Waals surface area contributed by atoms with E-state index in [0.29, 0.717) is 0 Å². The number of hydrogen-bond acceptors (Lipinski definition) is 3. The Morgan fingerprint density at radius 2 is 1.82 bits per heavy atom. The molecule has 0 aliphatic heterocycles. The zero-order valence-electron chi connectivity index (χ0n) is 20.4. The summed E-state index contributed by atoms with van der Waals surface area (Å²) in [6, 6.07) is 10.4. The van der Waals surface area contributed by atoms with E-state index in [4.69, 9.17) is 0 Å². The molecule has 4 nitrogen and oxygen atoms in total. The van der Waals surface area contributed by atoms with Gasteiger partial charge in [-0.05, 0) is 29.5 Å². The molecule has 0 spiro atoms. The van der Waals surface area contributed by atoms with Crippen LogP contribution in [0.15, 0.2) is 73.3 Å². The number of rotatable bonds is 8. The molecule has 0 saturated heterocycles. The summed E-state index contributed by atoms with van der Waals surface area (Å²) in [5.41, 5.74) is 6.18. The number of benzene rings is 1. The molecule has 2 heterocycles. The van der Waals surface area contributed by atoms with Gasteiger partial charge >= 0.3 is 0 Å². The van der Waals surface area contributed by atoms with Crippen molar-refractivity contribution in [3.63, 3.8) is 0 Å². The van der Waals surface area contributed by atoms with Crippen molar-refractivity contribution in [2.24, 2.45) is 10.9 Å². The van der Waals surface area contributed by atoms with Crippen LogP contribution in [0, 0.1) is 5.92 Å². The van der Waals surface area contributed by atoms with Gasteiger partial charge in [-0.2, -0.15) is 0 Å². The first-order chi connectivity index (χ1) is 16.8. The smallest absolute Gasteiger partial charge is 0.160 e. The molecule has 1 saturated carbocycles. The van der Waals surface area contributed by atoms with Gasteiger partial charge in [0, 0.05) is 48.7 Å². The second-order valence-corrected chi connectivity index (χ2v) is 9.46. The Labute approximate surface area is 204 Å². The lowest BCUT2D eigenvalue weighted by molar-refractivity contribution is 0.375. The predicted molar refractivity (Wildman–Crippen MR) is 146 cm³/mol. The Morgan fingerprint density at radius 3 is 2.59 bits per heavy atom. The highest BCUT2D eigenvalue weighted by Gasteiger charge is 2.13. The normalized spacial score (nSPS) is 16.0. The summed E-state index contributed by atoms with van der Waals surface area (Å²) in [6.45, 7) is 9.10. The summed E-state index contributed by atoms with van der Waals surface area (Å²) in [6.07, 6.45) is 23.2. The van der Waals surface area contributed by atoms with Crippen LogP contribution in [0.4, 0.5) is 5.69 Å². The van der Waals surface area contributed by atoms with E-state index in [1.807, 2.05) is 30.7 Å². The molecule has 178 valence electrons. The van der Waals surface area contributed by atoms with Crippen molar-refractivity contribution in [2.45, 2.75) is 64.2 Å². The van der Waals surface area contributed by atoms with Crippen molar-refractivity contribution in [1.29, 1.82) is 0 Å². The summed E-state index contributed by atoms with van der Waals surface area (Å²) in [5.74, 6) is 0.829. The molecular weight excluding hydrogens is 416 g/mol. The average molecular weight is 455 g/mol. The monoisotopic (exact) mass is 454 g/mol. The number of anilines is 1. The van der Waals surface area contributed by atoms with Gasteiger partial charge in [0.2, 0.25) is 0 Å². The molecule has 1 aliphatic carbocycles. The molecule has 1 fully saturated rings. The summed E-state index contributed by atoms with van der Waals surface area (Å²) < 4.78 is 2.09. The molecule has 1 aromatic carbocycles. The zero-order chi connectivity index (χ0) is 23.6. The SMILES string of the molecule is C=C/N=C\c1ccccc1C(=C)c1cc(NCCC2CCCCCCCCC2)c2nccn2c1. The van der Waals surface area contributed by atoms with E-state index in [1.54, 1.807) is 6.20 Å². The molecule has 3 aromatic rings. The molecule has 34 heavy (non-hydrogen) atoms. The van der Waals surface area contributed by atoms with E-state index in [2.05, 4.69) is 57.2 Å². The molecule has 0 radical (unpaired) electrons. The van der Waals surface area contributed by atoms with E-state index in [1.165, 1.54) is 64.2 Å². The summed E-state index contributed by atoms with van der Waals surface area (Å²) >= 11 is 0. The standard InChI is InChI=1S/C30H38N4/c1-3-31-22-26-15-11-12-16-28(26)24(2)27-21-29(30-33-19-20-34(30)23-27)32-18-17-25-13-9-7-5-4-6-8-10-14-25/h3,11-12,15-16,19-23,25,32H,1-2,4-10,13-14,17-18H2/b31-22-. The van der Waals surface area contributed by atoms with E-state index in [9.17, 15) is 0 Å². The zero-order valence-corrected chi connectivity index (χ0v) is 20.4. The fourth-order valence-electron chi connectivity index (χ4n) is 5.09. The van der Waals surface area contributed by atoms with Crippen molar-refractivity contribution in [2.75, 3.05) is 11.9 Å². The molecule has 0 amide bonds. The maximum atomic E-state index is 4.60. The maximum absolute atomic E-state index is 4.60. The van der Waals surface area contributed by atoms with Crippen LogP contribution >= 0.6 is 0 Å². The Kier molecular flexibility index (Phi) is 8.72. The number of pyridine rings is 1. The maximum Gasteiger partial charge on any atom is 0.160 e. The van der Waals surface area contributed by atoms with Crippen molar-refractivity contribution in [3.8, 4) is 0 Å². The first kappa shape index (κ1) is 24.0. The second kappa shape index (κ2) is 12.4. The highest BCUT2D eigenvalue weighted by molar-refractivity contribution is 5.93. The molecule has 1 N–H and O–H groups in total. The van der Waals surface area contributed by atoms with Crippen LogP contribution in [0.2, 0.25) is 0 Å². The van der Waals surface area contributed by atoms with E-state index >= 15 is 0 Å². The van der Waals surface area contributed by atoms with Crippen LogP contribution in [0.5, 0.6) is 0 Å². The van der Waals surface area contributed by atoms with Crippen molar-refractivity contribution in [3.05, 3.63) is 85.0 Å². The van der Waals surface area contributed by atoms with Gasteiger partial charge in [0.05, 0.1) is 5.69 Å². The molecule has 2 aromatic heterocycles. The highest BCUT2D eigenvalue weighted by Crippen LogP contribution is 2.29. The molecule has 0 bridgehead atoms. The van der Waals surface area contributed by atoms with E-state index < -0.39 is 0 Å². The molecule has 1 aliphatic rings. The number of aliphatic imine (C=N–C) groups is 1. The van der Waals surface area contributed by atoms with Gasteiger partial charge in [-0.3, -0.25) is 4.99 Å². The number of nitrogens with zero attached hydrogens (tertiary/aromatic N) is 3. The molecular formula is C30H38N4. The van der Waals surface area contributed by atoms with Gasteiger partial charge in [-0.15, -0.1) is 0 Å². The topological polar surface area (TPSA) is 41.7 Å². The van der Waals surface area contributed by atoms with Crippen LogP contribution in [0.1, 0.15) is 80.9 Å². The number of imidazole rings is 1. The van der Waals surface area contributed by atoms with Crippen molar-refractivity contribution >= 4 is 23.1 Å². The van der Waals surface area contributed by atoms with Gasteiger partial charge in [-0.25, -0.2) is 4.98 Å². The molecule has 4 rings (SSSR count).